The summed E-state index contributed by atoms with van der Waals surface area (Å²) in [7, 11) is 0. The Morgan fingerprint density at radius 2 is 1.50 bits per heavy atom. The molecule has 1 amide bonds. The molecule has 1 N–H and O–H groups in total. The summed E-state index contributed by atoms with van der Waals surface area (Å²) in [5.74, 6) is -1.04. The molecule has 0 atom stereocenters. The van der Waals surface area contributed by atoms with Crippen molar-refractivity contribution < 1.29 is 29.0 Å². The van der Waals surface area contributed by atoms with Gasteiger partial charge in [0.05, 0.1) is 18.1 Å². The maximum Gasteiger partial charge on any atom is 0.338 e. The highest BCUT2D eigenvalue weighted by atomic mass is 16.5. The van der Waals surface area contributed by atoms with Gasteiger partial charge in [-0.15, -0.1) is 0 Å². The van der Waals surface area contributed by atoms with E-state index in [1.807, 2.05) is 0 Å². The summed E-state index contributed by atoms with van der Waals surface area (Å²) >= 11 is 0. The fraction of sp³-hybridized carbons (Fsp3) is 0.348. The van der Waals surface area contributed by atoms with Crippen LogP contribution in [0.4, 0.5) is 0 Å². The summed E-state index contributed by atoms with van der Waals surface area (Å²) in [6, 6.07) is 13.6. The Morgan fingerprint density at radius 1 is 0.933 bits per heavy atom. The van der Waals surface area contributed by atoms with E-state index in [1.165, 1.54) is 0 Å². The van der Waals surface area contributed by atoms with E-state index in [2.05, 4.69) is 0 Å². The number of aromatic hydroxyl groups is 1. The quantitative estimate of drug-likeness (QED) is 0.735. The van der Waals surface area contributed by atoms with E-state index in [4.69, 9.17) is 9.47 Å². The number of nitrogens with zero attached hydrogens (tertiary/aromatic N) is 1. The fourth-order valence-electron chi connectivity index (χ4n) is 3.38. The third-order valence-corrected chi connectivity index (χ3v) is 5.12. The zero-order chi connectivity index (χ0) is 21.5. The molecule has 1 saturated heterocycles. The second-order valence-electron chi connectivity index (χ2n) is 7.11. The zero-order valence-electron chi connectivity index (χ0n) is 16.9. The van der Waals surface area contributed by atoms with Crippen molar-refractivity contribution in [2.75, 3.05) is 26.3 Å². The van der Waals surface area contributed by atoms with E-state index in [0.29, 0.717) is 38.1 Å². The molecule has 7 nitrogen and oxygen atoms in total. The number of amides is 1. The first-order valence-electron chi connectivity index (χ1n) is 9.99. The monoisotopic (exact) mass is 411 g/mol. The summed E-state index contributed by atoms with van der Waals surface area (Å²) in [5, 5.41) is 9.36. The smallest absolute Gasteiger partial charge is 0.338 e. The lowest BCUT2D eigenvalue weighted by molar-refractivity contribution is -0.151. The summed E-state index contributed by atoms with van der Waals surface area (Å²) in [6.45, 7) is 2.68. The Morgan fingerprint density at radius 3 is 2.07 bits per heavy atom. The molecule has 0 bridgehead atoms. The minimum atomic E-state index is -0.568. The molecule has 1 heterocycles. The molecule has 0 unspecified atom stereocenters. The molecule has 3 rings (SSSR count). The highest BCUT2D eigenvalue weighted by Crippen LogP contribution is 2.22. The molecule has 0 saturated carbocycles. The van der Waals surface area contributed by atoms with Crippen LogP contribution in [0.1, 0.15) is 30.1 Å². The highest BCUT2D eigenvalue weighted by molar-refractivity contribution is 5.92. The van der Waals surface area contributed by atoms with Gasteiger partial charge in [0.25, 0.3) is 5.91 Å². The third-order valence-electron chi connectivity index (χ3n) is 5.12. The molecule has 1 fully saturated rings. The molecule has 0 radical (unpaired) electrons. The number of ether oxygens (including phenoxy) is 2. The zero-order valence-corrected chi connectivity index (χ0v) is 16.9. The van der Waals surface area contributed by atoms with Gasteiger partial charge in [0.1, 0.15) is 5.75 Å². The number of carbonyl (C=O) groups is 3. The van der Waals surface area contributed by atoms with E-state index in [9.17, 15) is 19.5 Å². The Bertz CT molecular complexity index is 883. The van der Waals surface area contributed by atoms with Crippen molar-refractivity contribution in [1.29, 1.82) is 0 Å². The fourth-order valence-corrected chi connectivity index (χ4v) is 3.38. The number of hydrogen-bond acceptors (Lipinski definition) is 6. The van der Waals surface area contributed by atoms with Gasteiger partial charge in [-0.25, -0.2) is 4.79 Å². The minimum absolute atomic E-state index is 0.177. The molecule has 0 aromatic heterocycles. The lowest BCUT2D eigenvalue weighted by atomic mass is 9.97. The van der Waals surface area contributed by atoms with E-state index in [0.717, 1.165) is 11.1 Å². The lowest BCUT2D eigenvalue weighted by Crippen LogP contribution is -2.42. The van der Waals surface area contributed by atoms with Crippen LogP contribution in [0.2, 0.25) is 0 Å². The first-order chi connectivity index (χ1) is 14.5. The summed E-state index contributed by atoms with van der Waals surface area (Å²) in [6.07, 6.45) is 1.11. The predicted molar refractivity (Wildman–Crippen MR) is 110 cm³/mol. The van der Waals surface area contributed by atoms with Gasteiger partial charge in [-0.3, -0.25) is 9.59 Å². The maximum absolute atomic E-state index is 12.3. The lowest BCUT2D eigenvalue weighted by Gasteiger charge is -2.30. The molecular weight excluding hydrogens is 386 g/mol. The molecule has 158 valence electrons. The van der Waals surface area contributed by atoms with Gasteiger partial charge >= 0.3 is 11.9 Å². The number of hydrogen-bond donors (Lipinski definition) is 1. The van der Waals surface area contributed by atoms with Crippen molar-refractivity contribution >= 4 is 17.8 Å². The molecule has 30 heavy (non-hydrogen) atoms. The highest BCUT2D eigenvalue weighted by Gasteiger charge is 2.28. The van der Waals surface area contributed by atoms with Crippen molar-refractivity contribution in [1.82, 2.24) is 4.90 Å². The van der Waals surface area contributed by atoms with Crippen molar-refractivity contribution in [3.8, 4) is 16.9 Å². The van der Waals surface area contributed by atoms with Gasteiger partial charge in [0.15, 0.2) is 6.61 Å². The molecule has 2 aromatic carbocycles. The number of esters is 2. The Kier molecular flexibility index (Phi) is 7.06. The number of piperidine rings is 1. The second kappa shape index (κ2) is 9.91. The largest absolute Gasteiger partial charge is 0.508 e. The Hall–Kier alpha value is -3.35. The molecule has 7 heteroatoms. The van der Waals surface area contributed by atoms with Gasteiger partial charge in [0, 0.05) is 13.1 Å². The van der Waals surface area contributed by atoms with Crippen molar-refractivity contribution in [2.45, 2.75) is 19.8 Å². The average Bonchev–Trinajstić information content (AvgIpc) is 2.78. The second-order valence-corrected chi connectivity index (χ2v) is 7.11. The molecule has 1 aliphatic heterocycles. The van der Waals surface area contributed by atoms with Crippen LogP contribution >= 0.6 is 0 Å². The first kappa shape index (κ1) is 21.4. The number of benzene rings is 2. The molecule has 0 aliphatic carbocycles. The average molecular weight is 411 g/mol. The topological polar surface area (TPSA) is 93.1 Å². The summed E-state index contributed by atoms with van der Waals surface area (Å²) < 4.78 is 10.2. The van der Waals surface area contributed by atoms with Crippen LogP contribution in [0.5, 0.6) is 5.75 Å². The van der Waals surface area contributed by atoms with E-state index in [1.54, 1.807) is 60.4 Å². The van der Waals surface area contributed by atoms with Gasteiger partial charge in [-0.2, -0.15) is 0 Å². The van der Waals surface area contributed by atoms with Crippen molar-refractivity contribution in [2.24, 2.45) is 5.92 Å². The summed E-state index contributed by atoms with van der Waals surface area (Å²) in [4.78, 5) is 37.9. The van der Waals surface area contributed by atoms with Crippen molar-refractivity contribution in [3.63, 3.8) is 0 Å². The van der Waals surface area contributed by atoms with Crippen LogP contribution in [0.3, 0.4) is 0 Å². The maximum atomic E-state index is 12.3. The molecule has 1 aliphatic rings. The predicted octanol–water partition coefficient (Wildman–Crippen LogP) is 3.02. The van der Waals surface area contributed by atoms with Gasteiger partial charge in [-0.1, -0.05) is 24.3 Å². The number of phenolic OH excluding ortho intramolecular Hbond substituents is 1. The molecular formula is C23H25NO6. The van der Waals surface area contributed by atoms with E-state index in [-0.39, 0.29) is 30.2 Å². The van der Waals surface area contributed by atoms with Gasteiger partial charge < -0.3 is 19.5 Å². The molecule has 2 aromatic rings. The number of rotatable bonds is 6. The van der Waals surface area contributed by atoms with Crippen molar-refractivity contribution in [3.05, 3.63) is 54.1 Å². The SMILES string of the molecule is CCOC(=O)C1CCN(C(=O)COC(=O)c2ccc(-c3ccc(O)cc3)cc2)CC1. The van der Waals surface area contributed by atoms with Crippen LogP contribution in [0, 0.1) is 5.92 Å². The van der Waals surface area contributed by atoms with Crippen LogP contribution in [0.25, 0.3) is 11.1 Å². The van der Waals surface area contributed by atoms with Crippen LogP contribution in [0.15, 0.2) is 48.5 Å². The van der Waals surface area contributed by atoms with Crippen LogP contribution in [-0.4, -0.2) is 54.2 Å². The van der Waals surface area contributed by atoms with E-state index >= 15 is 0 Å². The Labute approximate surface area is 175 Å². The first-order valence-corrected chi connectivity index (χ1v) is 9.99. The normalized spacial score (nSPS) is 14.2. The Balaban J connectivity index is 1.48. The standard InChI is InChI=1S/C23H25NO6/c1-2-29-22(27)19-11-13-24(14-12-19)21(26)15-30-23(28)18-5-3-16(4-6-18)17-7-9-20(25)10-8-17/h3-10,19,25H,2,11-15H2,1H3. The van der Waals surface area contributed by atoms with Gasteiger partial charge in [-0.05, 0) is 55.2 Å². The van der Waals surface area contributed by atoms with Crippen LogP contribution in [-0.2, 0) is 19.1 Å². The van der Waals surface area contributed by atoms with E-state index < -0.39 is 5.97 Å². The van der Waals surface area contributed by atoms with Crippen LogP contribution < -0.4 is 0 Å². The number of likely N-dealkylation sites (tertiary alicyclic amines) is 1. The summed E-state index contributed by atoms with van der Waals surface area (Å²) in [5.41, 5.74) is 2.16. The number of carbonyl (C=O) groups excluding carboxylic acids is 3. The third kappa shape index (κ3) is 5.37. The minimum Gasteiger partial charge on any atom is -0.508 e. The number of phenols is 1. The molecule has 0 spiro atoms. The van der Waals surface area contributed by atoms with Gasteiger partial charge in [0.2, 0.25) is 0 Å².